The highest BCUT2D eigenvalue weighted by atomic mass is 16.6. The van der Waals surface area contributed by atoms with Gasteiger partial charge in [0.05, 0.1) is 13.5 Å². The molecule has 0 aliphatic carbocycles. The SMILES string of the molecule is C=C(CC(=O)Oc1ccccc1)C(=O)OCCOC(=O)C=Cc1ccc(OC)cc1. The zero-order valence-electron chi connectivity index (χ0n) is 16.5. The molecule has 2 rings (SSSR count). The monoisotopic (exact) mass is 410 g/mol. The first-order valence-electron chi connectivity index (χ1n) is 9.07. The van der Waals surface area contributed by atoms with Gasteiger partial charge in [0, 0.05) is 11.6 Å². The molecule has 0 fully saturated rings. The van der Waals surface area contributed by atoms with Crippen molar-refractivity contribution in [1.82, 2.24) is 0 Å². The molecule has 7 nitrogen and oxygen atoms in total. The largest absolute Gasteiger partial charge is 0.497 e. The van der Waals surface area contributed by atoms with Crippen molar-refractivity contribution in [3.63, 3.8) is 0 Å². The molecule has 2 aromatic carbocycles. The fraction of sp³-hybridized carbons (Fsp3) is 0.174. The molecule has 0 unspecified atom stereocenters. The number of para-hydroxylation sites is 1. The van der Waals surface area contributed by atoms with Gasteiger partial charge in [0.1, 0.15) is 24.7 Å². The molecule has 2 aromatic rings. The zero-order valence-corrected chi connectivity index (χ0v) is 16.5. The van der Waals surface area contributed by atoms with Gasteiger partial charge in [0.15, 0.2) is 0 Å². The number of ether oxygens (including phenoxy) is 4. The van der Waals surface area contributed by atoms with Crippen LogP contribution < -0.4 is 9.47 Å². The summed E-state index contributed by atoms with van der Waals surface area (Å²) in [7, 11) is 1.57. The lowest BCUT2D eigenvalue weighted by molar-refractivity contribution is -0.147. The van der Waals surface area contributed by atoms with E-state index in [-0.39, 0.29) is 25.2 Å². The first-order chi connectivity index (χ1) is 14.5. The Bertz CT molecular complexity index is 899. The molecule has 0 atom stereocenters. The Labute approximate surface area is 174 Å². The smallest absolute Gasteiger partial charge is 0.334 e. The van der Waals surface area contributed by atoms with E-state index < -0.39 is 17.9 Å². The summed E-state index contributed by atoms with van der Waals surface area (Å²) in [5.41, 5.74) is 0.750. The molecular formula is C23H22O7. The van der Waals surface area contributed by atoms with Crippen LogP contribution in [0.4, 0.5) is 0 Å². The quantitative estimate of drug-likeness (QED) is 0.257. The lowest BCUT2D eigenvalue weighted by atomic mass is 10.2. The minimum Gasteiger partial charge on any atom is -0.497 e. The molecule has 7 heteroatoms. The molecule has 156 valence electrons. The van der Waals surface area contributed by atoms with Crippen LogP contribution in [0.3, 0.4) is 0 Å². The van der Waals surface area contributed by atoms with Gasteiger partial charge in [0.2, 0.25) is 0 Å². The highest BCUT2D eigenvalue weighted by Gasteiger charge is 2.15. The lowest BCUT2D eigenvalue weighted by Gasteiger charge is -2.07. The molecular weight excluding hydrogens is 388 g/mol. The maximum absolute atomic E-state index is 11.8. The van der Waals surface area contributed by atoms with Crippen LogP contribution in [0, 0.1) is 0 Å². The first kappa shape index (κ1) is 22.4. The van der Waals surface area contributed by atoms with Crippen LogP contribution in [0.5, 0.6) is 11.5 Å². The number of hydrogen-bond acceptors (Lipinski definition) is 7. The Morgan fingerprint density at radius 1 is 0.900 bits per heavy atom. The molecule has 0 radical (unpaired) electrons. The summed E-state index contributed by atoms with van der Waals surface area (Å²) in [6.07, 6.45) is 2.55. The number of methoxy groups -OCH3 is 1. The van der Waals surface area contributed by atoms with Gasteiger partial charge in [-0.25, -0.2) is 9.59 Å². The summed E-state index contributed by atoms with van der Waals surface area (Å²) in [5.74, 6) is -0.875. The van der Waals surface area contributed by atoms with Crippen LogP contribution in [-0.2, 0) is 23.9 Å². The van der Waals surface area contributed by atoms with E-state index in [9.17, 15) is 14.4 Å². The predicted octanol–water partition coefficient (Wildman–Crippen LogP) is 3.35. The number of benzene rings is 2. The highest BCUT2D eigenvalue weighted by molar-refractivity contribution is 5.93. The molecule has 0 saturated heterocycles. The van der Waals surface area contributed by atoms with E-state index in [1.807, 2.05) is 0 Å². The number of rotatable bonds is 10. The number of carbonyl (C=O) groups is 3. The van der Waals surface area contributed by atoms with Crippen LogP contribution in [0.25, 0.3) is 6.08 Å². The molecule has 0 aliphatic rings. The second kappa shape index (κ2) is 11.9. The van der Waals surface area contributed by atoms with Gasteiger partial charge >= 0.3 is 17.9 Å². The summed E-state index contributed by atoms with van der Waals surface area (Å²) in [6.45, 7) is 3.24. The Balaban J connectivity index is 1.64. The summed E-state index contributed by atoms with van der Waals surface area (Å²) in [6, 6.07) is 15.6. The Morgan fingerprint density at radius 2 is 1.57 bits per heavy atom. The lowest BCUT2D eigenvalue weighted by Crippen LogP contribution is -2.17. The third kappa shape index (κ3) is 8.02. The number of carbonyl (C=O) groups excluding carboxylic acids is 3. The zero-order chi connectivity index (χ0) is 21.8. The molecule has 0 N–H and O–H groups in total. The number of esters is 3. The van der Waals surface area contributed by atoms with E-state index in [4.69, 9.17) is 18.9 Å². The van der Waals surface area contributed by atoms with Gasteiger partial charge in [-0.15, -0.1) is 0 Å². The Kier molecular flexibility index (Phi) is 8.86. The molecule has 0 saturated carbocycles. The second-order valence-electron chi connectivity index (χ2n) is 5.98. The maximum Gasteiger partial charge on any atom is 0.334 e. The van der Waals surface area contributed by atoms with Crippen LogP contribution in [0.2, 0.25) is 0 Å². The number of hydrogen-bond donors (Lipinski definition) is 0. The average Bonchev–Trinajstić information content (AvgIpc) is 2.76. The van der Waals surface area contributed by atoms with Gasteiger partial charge in [-0.2, -0.15) is 0 Å². The molecule has 0 spiro atoms. The second-order valence-corrected chi connectivity index (χ2v) is 5.98. The minimum absolute atomic E-state index is 0.0540. The summed E-state index contributed by atoms with van der Waals surface area (Å²) in [5, 5.41) is 0. The van der Waals surface area contributed by atoms with Crippen molar-refractivity contribution < 1.29 is 33.3 Å². The van der Waals surface area contributed by atoms with Crippen molar-refractivity contribution in [2.45, 2.75) is 6.42 Å². The van der Waals surface area contributed by atoms with E-state index in [2.05, 4.69) is 6.58 Å². The molecule has 0 aromatic heterocycles. The van der Waals surface area contributed by atoms with E-state index in [0.29, 0.717) is 11.5 Å². The fourth-order valence-electron chi connectivity index (χ4n) is 2.21. The van der Waals surface area contributed by atoms with Crippen molar-refractivity contribution >= 4 is 24.0 Å². The molecule has 0 aliphatic heterocycles. The Hall–Kier alpha value is -3.87. The van der Waals surface area contributed by atoms with Crippen molar-refractivity contribution in [2.75, 3.05) is 20.3 Å². The maximum atomic E-state index is 11.8. The summed E-state index contributed by atoms with van der Waals surface area (Å²) < 4.78 is 20.0. The topological polar surface area (TPSA) is 88.1 Å². The van der Waals surface area contributed by atoms with Gasteiger partial charge in [-0.1, -0.05) is 36.9 Å². The Morgan fingerprint density at radius 3 is 2.23 bits per heavy atom. The van der Waals surface area contributed by atoms with E-state index >= 15 is 0 Å². The normalized spacial score (nSPS) is 10.3. The standard InChI is InChI=1S/C23H22O7/c1-17(16-22(25)30-20-6-4-3-5-7-20)23(26)29-15-14-28-21(24)13-10-18-8-11-19(27-2)12-9-18/h3-13H,1,14-16H2,2H3. The molecule has 0 amide bonds. The predicted molar refractivity (Wildman–Crippen MR) is 110 cm³/mol. The van der Waals surface area contributed by atoms with Crippen LogP contribution in [0.15, 0.2) is 72.8 Å². The van der Waals surface area contributed by atoms with E-state index in [0.717, 1.165) is 5.56 Å². The van der Waals surface area contributed by atoms with Crippen LogP contribution in [-0.4, -0.2) is 38.2 Å². The van der Waals surface area contributed by atoms with Crippen LogP contribution in [0.1, 0.15) is 12.0 Å². The van der Waals surface area contributed by atoms with Crippen molar-refractivity contribution in [3.05, 3.63) is 78.4 Å². The van der Waals surface area contributed by atoms with Gasteiger partial charge in [-0.05, 0) is 35.9 Å². The summed E-state index contributed by atoms with van der Waals surface area (Å²) >= 11 is 0. The van der Waals surface area contributed by atoms with Gasteiger partial charge < -0.3 is 18.9 Å². The van der Waals surface area contributed by atoms with Crippen molar-refractivity contribution in [1.29, 1.82) is 0 Å². The van der Waals surface area contributed by atoms with Crippen molar-refractivity contribution in [2.24, 2.45) is 0 Å². The average molecular weight is 410 g/mol. The molecule has 0 heterocycles. The van der Waals surface area contributed by atoms with Crippen LogP contribution >= 0.6 is 0 Å². The van der Waals surface area contributed by atoms with E-state index in [1.54, 1.807) is 67.8 Å². The third-order valence-electron chi connectivity index (χ3n) is 3.71. The van der Waals surface area contributed by atoms with E-state index in [1.165, 1.54) is 6.08 Å². The summed E-state index contributed by atoms with van der Waals surface area (Å²) in [4.78, 5) is 35.3. The van der Waals surface area contributed by atoms with Crippen molar-refractivity contribution in [3.8, 4) is 11.5 Å². The first-order valence-corrected chi connectivity index (χ1v) is 9.07. The van der Waals surface area contributed by atoms with Gasteiger partial charge in [0.25, 0.3) is 0 Å². The van der Waals surface area contributed by atoms with Gasteiger partial charge in [-0.3, -0.25) is 4.79 Å². The third-order valence-corrected chi connectivity index (χ3v) is 3.71. The molecule has 0 bridgehead atoms. The fourth-order valence-corrected chi connectivity index (χ4v) is 2.21. The minimum atomic E-state index is -0.759. The highest BCUT2D eigenvalue weighted by Crippen LogP contribution is 2.13. The molecule has 30 heavy (non-hydrogen) atoms.